The fourth-order valence-corrected chi connectivity index (χ4v) is 4.37. The maximum Gasteiger partial charge on any atom is 0.126 e. The van der Waals surface area contributed by atoms with Crippen molar-refractivity contribution in [1.29, 1.82) is 0 Å². The molecule has 0 bridgehead atoms. The Labute approximate surface area is 117 Å². The van der Waals surface area contributed by atoms with Gasteiger partial charge in [0.1, 0.15) is 11.4 Å². The average Bonchev–Trinajstić information content (AvgIpc) is 2.34. The van der Waals surface area contributed by atoms with Gasteiger partial charge in [-0.2, -0.15) is 11.8 Å². The Morgan fingerprint density at radius 1 is 1.50 bits per heavy atom. The number of hydrogen-bond donors (Lipinski definition) is 1. The minimum Gasteiger partial charge on any atom is -0.486 e. The molecule has 2 unspecified atom stereocenters. The molecule has 2 aliphatic rings. The summed E-state index contributed by atoms with van der Waals surface area (Å²) in [6, 6.07) is 5.52. The molecule has 0 saturated carbocycles. The topological polar surface area (TPSA) is 29.5 Å². The Morgan fingerprint density at radius 3 is 3.11 bits per heavy atom. The lowest BCUT2D eigenvalue weighted by atomic mass is 9.83. The first-order valence-corrected chi connectivity index (χ1v) is 7.81. The first kappa shape index (κ1) is 12.6. The Bertz CT molecular complexity index is 465. The molecule has 0 amide bonds. The quantitative estimate of drug-likeness (QED) is 0.785. The molecule has 2 heterocycles. The highest BCUT2D eigenvalue weighted by Gasteiger charge is 2.46. The van der Waals surface area contributed by atoms with Gasteiger partial charge in [0.15, 0.2) is 0 Å². The van der Waals surface area contributed by atoms with Crippen LogP contribution >= 0.6 is 23.4 Å². The number of thioether (sulfide) groups is 1. The van der Waals surface area contributed by atoms with Crippen LogP contribution in [0, 0.1) is 0 Å². The largest absolute Gasteiger partial charge is 0.486 e. The van der Waals surface area contributed by atoms with Gasteiger partial charge in [0.05, 0.1) is 6.10 Å². The monoisotopic (exact) mass is 284 g/mol. The molecule has 0 aliphatic carbocycles. The van der Waals surface area contributed by atoms with E-state index in [-0.39, 0.29) is 5.60 Å². The second kappa shape index (κ2) is 4.62. The first-order valence-electron chi connectivity index (χ1n) is 6.39. The standard InChI is InChI=1S/C14H17ClO2S/c1-9-14(5-2-6-18-9)8-12(16)11-7-10(15)3-4-13(11)17-14/h3-4,7,9,12,16H,2,5-6,8H2,1H3/t9?,12-,14?/m0/s1. The van der Waals surface area contributed by atoms with Crippen LogP contribution in [0.1, 0.15) is 37.9 Å². The molecule has 0 radical (unpaired) electrons. The van der Waals surface area contributed by atoms with Gasteiger partial charge in [-0.05, 0) is 43.7 Å². The van der Waals surface area contributed by atoms with Crippen molar-refractivity contribution in [1.82, 2.24) is 0 Å². The van der Waals surface area contributed by atoms with Crippen molar-refractivity contribution in [3.8, 4) is 5.75 Å². The van der Waals surface area contributed by atoms with Crippen molar-refractivity contribution in [2.45, 2.75) is 43.1 Å². The fraction of sp³-hybridized carbons (Fsp3) is 0.571. The Kier molecular flexibility index (Phi) is 3.25. The van der Waals surface area contributed by atoms with Gasteiger partial charge in [-0.25, -0.2) is 0 Å². The fourth-order valence-electron chi connectivity index (χ4n) is 2.96. The maximum absolute atomic E-state index is 10.4. The Morgan fingerprint density at radius 2 is 2.33 bits per heavy atom. The number of hydrogen-bond acceptors (Lipinski definition) is 3. The van der Waals surface area contributed by atoms with E-state index in [0.717, 1.165) is 24.2 Å². The Hall–Kier alpha value is -0.380. The van der Waals surface area contributed by atoms with Crippen LogP contribution in [-0.4, -0.2) is 21.7 Å². The second-order valence-corrected chi connectivity index (χ2v) is 7.07. The summed E-state index contributed by atoms with van der Waals surface area (Å²) in [6.45, 7) is 2.21. The molecule has 1 spiro atoms. The van der Waals surface area contributed by atoms with Crippen molar-refractivity contribution >= 4 is 23.4 Å². The first-order chi connectivity index (χ1) is 8.61. The van der Waals surface area contributed by atoms with E-state index in [1.807, 2.05) is 30.0 Å². The number of aliphatic hydroxyl groups excluding tert-OH is 1. The second-order valence-electron chi connectivity index (χ2n) is 5.19. The van der Waals surface area contributed by atoms with Crippen molar-refractivity contribution in [2.75, 3.05) is 5.75 Å². The molecule has 3 rings (SSSR count). The molecular formula is C14H17ClO2S. The zero-order chi connectivity index (χ0) is 12.8. The third-order valence-corrected chi connectivity index (χ3v) is 5.72. The molecule has 1 fully saturated rings. The number of fused-ring (bicyclic) bond motifs is 1. The van der Waals surface area contributed by atoms with Crippen LogP contribution in [-0.2, 0) is 0 Å². The lowest BCUT2D eigenvalue weighted by Gasteiger charge is -2.46. The summed E-state index contributed by atoms with van der Waals surface area (Å²) in [4.78, 5) is 0. The van der Waals surface area contributed by atoms with Gasteiger partial charge < -0.3 is 9.84 Å². The average molecular weight is 285 g/mol. The lowest BCUT2D eigenvalue weighted by molar-refractivity contribution is -0.0211. The highest BCUT2D eigenvalue weighted by molar-refractivity contribution is 8.00. The van der Waals surface area contributed by atoms with Crippen LogP contribution in [0.2, 0.25) is 5.02 Å². The SMILES string of the molecule is CC1SCCCC12C[C@H](O)c1cc(Cl)ccc1O2. The smallest absolute Gasteiger partial charge is 0.126 e. The normalized spacial score (nSPS) is 35.1. The van der Waals surface area contributed by atoms with Gasteiger partial charge >= 0.3 is 0 Å². The molecule has 1 saturated heterocycles. The van der Waals surface area contributed by atoms with Crippen LogP contribution < -0.4 is 4.74 Å². The number of aliphatic hydroxyl groups is 1. The van der Waals surface area contributed by atoms with Gasteiger partial charge in [-0.3, -0.25) is 0 Å². The van der Waals surface area contributed by atoms with Gasteiger partial charge in [-0.1, -0.05) is 11.6 Å². The highest BCUT2D eigenvalue weighted by Crippen LogP contribution is 2.48. The molecule has 3 atom stereocenters. The van der Waals surface area contributed by atoms with Crippen molar-refractivity contribution in [3.05, 3.63) is 28.8 Å². The third-order valence-electron chi connectivity index (χ3n) is 4.04. The lowest BCUT2D eigenvalue weighted by Crippen LogP contribution is -2.50. The van der Waals surface area contributed by atoms with E-state index < -0.39 is 6.10 Å². The minimum atomic E-state index is -0.464. The predicted molar refractivity (Wildman–Crippen MR) is 75.5 cm³/mol. The number of ether oxygens (including phenoxy) is 1. The zero-order valence-corrected chi connectivity index (χ0v) is 11.9. The molecule has 98 valence electrons. The van der Waals surface area contributed by atoms with E-state index >= 15 is 0 Å². The summed E-state index contributed by atoms with van der Waals surface area (Å²) in [6.07, 6.45) is 2.40. The molecule has 2 aliphatic heterocycles. The molecule has 1 N–H and O–H groups in total. The van der Waals surface area contributed by atoms with Gasteiger partial charge in [0, 0.05) is 22.3 Å². The van der Waals surface area contributed by atoms with Crippen LogP contribution in [0.4, 0.5) is 0 Å². The summed E-state index contributed by atoms with van der Waals surface area (Å²) in [5.41, 5.74) is 0.624. The van der Waals surface area contributed by atoms with Gasteiger partial charge in [0.2, 0.25) is 0 Å². The van der Waals surface area contributed by atoms with E-state index in [2.05, 4.69) is 6.92 Å². The minimum absolute atomic E-state index is 0.205. The summed E-state index contributed by atoms with van der Waals surface area (Å²) in [5.74, 6) is 1.99. The molecule has 1 aromatic rings. The zero-order valence-electron chi connectivity index (χ0n) is 10.4. The Balaban J connectivity index is 1.98. The maximum atomic E-state index is 10.4. The van der Waals surface area contributed by atoms with E-state index in [1.54, 1.807) is 0 Å². The summed E-state index contributed by atoms with van der Waals surface area (Å²) < 4.78 is 6.26. The van der Waals surface area contributed by atoms with E-state index in [1.165, 1.54) is 5.75 Å². The molecule has 4 heteroatoms. The van der Waals surface area contributed by atoms with Crippen molar-refractivity contribution < 1.29 is 9.84 Å². The predicted octanol–water partition coefficient (Wildman–Crippen LogP) is 3.81. The number of halogens is 1. The van der Waals surface area contributed by atoms with E-state index in [9.17, 15) is 5.11 Å². The third kappa shape index (κ3) is 2.02. The van der Waals surface area contributed by atoms with Crippen LogP contribution in [0.5, 0.6) is 5.75 Å². The molecule has 2 nitrogen and oxygen atoms in total. The number of benzene rings is 1. The van der Waals surface area contributed by atoms with Crippen LogP contribution in [0.25, 0.3) is 0 Å². The molecule has 0 aromatic heterocycles. The molecule has 1 aromatic carbocycles. The van der Waals surface area contributed by atoms with Gasteiger partial charge in [0.25, 0.3) is 0 Å². The van der Waals surface area contributed by atoms with Crippen LogP contribution in [0.3, 0.4) is 0 Å². The summed E-state index contributed by atoms with van der Waals surface area (Å²) in [7, 11) is 0. The number of rotatable bonds is 0. The summed E-state index contributed by atoms with van der Waals surface area (Å²) in [5, 5.41) is 11.4. The molecule has 18 heavy (non-hydrogen) atoms. The van der Waals surface area contributed by atoms with E-state index in [4.69, 9.17) is 16.3 Å². The van der Waals surface area contributed by atoms with Crippen molar-refractivity contribution in [2.24, 2.45) is 0 Å². The van der Waals surface area contributed by atoms with Crippen LogP contribution in [0.15, 0.2) is 18.2 Å². The van der Waals surface area contributed by atoms with Crippen molar-refractivity contribution in [3.63, 3.8) is 0 Å². The highest BCUT2D eigenvalue weighted by atomic mass is 35.5. The van der Waals surface area contributed by atoms with E-state index in [0.29, 0.717) is 16.7 Å². The molecular weight excluding hydrogens is 268 g/mol. The van der Waals surface area contributed by atoms with Gasteiger partial charge in [-0.15, -0.1) is 0 Å². The summed E-state index contributed by atoms with van der Waals surface area (Å²) >= 11 is 7.92.